The number of nitrogens with zero attached hydrogens (tertiary/aromatic N) is 3. The van der Waals surface area contributed by atoms with Crippen LogP contribution in [0.15, 0.2) is 0 Å². The van der Waals surface area contributed by atoms with Gasteiger partial charge in [0.1, 0.15) is 11.6 Å². The van der Waals surface area contributed by atoms with E-state index >= 15 is 0 Å². The van der Waals surface area contributed by atoms with Gasteiger partial charge in [0, 0.05) is 0 Å². The standard InChI is InChI=1S/C10H17N3O/c1-7-11-8(2)13(12-7)9-5-3-4-6-10(9)14/h9-10,14H,3-6H2,1-2H3/t9-,10-/m1/s1. The van der Waals surface area contributed by atoms with Gasteiger partial charge in [-0.05, 0) is 26.7 Å². The van der Waals surface area contributed by atoms with Crippen LogP contribution in [0.1, 0.15) is 43.4 Å². The van der Waals surface area contributed by atoms with Gasteiger partial charge in [-0.15, -0.1) is 0 Å². The summed E-state index contributed by atoms with van der Waals surface area (Å²) >= 11 is 0. The second-order valence-electron chi connectivity index (χ2n) is 4.07. The van der Waals surface area contributed by atoms with Crippen molar-refractivity contribution in [2.45, 2.75) is 51.7 Å². The van der Waals surface area contributed by atoms with Crippen molar-refractivity contribution in [1.29, 1.82) is 0 Å². The summed E-state index contributed by atoms with van der Waals surface area (Å²) in [6.07, 6.45) is 3.97. The summed E-state index contributed by atoms with van der Waals surface area (Å²) in [5.74, 6) is 1.70. The van der Waals surface area contributed by atoms with Gasteiger partial charge in [-0.3, -0.25) is 0 Å². The zero-order valence-corrected chi connectivity index (χ0v) is 8.77. The van der Waals surface area contributed by atoms with Gasteiger partial charge in [0.15, 0.2) is 0 Å². The molecule has 0 aromatic carbocycles. The Kier molecular flexibility index (Phi) is 2.54. The maximum Gasteiger partial charge on any atom is 0.147 e. The number of aromatic nitrogens is 3. The van der Waals surface area contributed by atoms with Gasteiger partial charge < -0.3 is 5.11 Å². The van der Waals surface area contributed by atoms with Crippen LogP contribution in [0.25, 0.3) is 0 Å². The van der Waals surface area contributed by atoms with E-state index in [-0.39, 0.29) is 12.1 Å². The van der Waals surface area contributed by atoms with Crippen LogP contribution in [0.4, 0.5) is 0 Å². The first-order valence-corrected chi connectivity index (χ1v) is 5.26. The molecule has 1 heterocycles. The molecule has 2 rings (SSSR count). The summed E-state index contributed by atoms with van der Waals surface area (Å²) in [6, 6.07) is 0.143. The zero-order chi connectivity index (χ0) is 10.1. The molecule has 0 aliphatic heterocycles. The minimum absolute atomic E-state index is 0.143. The third-order valence-electron chi connectivity index (χ3n) is 2.92. The molecular formula is C10H17N3O. The fourth-order valence-corrected chi connectivity index (χ4v) is 2.23. The van der Waals surface area contributed by atoms with Gasteiger partial charge in [0.05, 0.1) is 12.1 Å². The van der Waals surface area contributed by atoms with Crippen molar-refractivity contribution in [2.24, 2.45) is 0 Å². The van der Waals surface area contributed by atoms with Crippen LogP contribution in [-0.2, 0) is 0 Å². The average Bonchev–Trinajstić information content (AvgIpc) is 2.46. The van der Waals surface area contributed by atoms with Crippen molar-refractivity contribution < 1.29 is 5.11 Å². The second kappa shape index (κ2) is 3.69. The number of aliphatic hydroxyl groups excluding tert-OH is 1. The van der Waals surface area contributed by atoms with Crippen molar-refractivity contribution >= 4 is 0 Å². The van der Waals surface area contributed by atoms with Gasteiger partial charge in [-0.1, -0.05) is 12.8 Å². The topological polar surface area (TPSA) is 50.9 Å². The fourth-order valence-electron chi connectivity index (χ4n) is 2.23. The number of rotatable bonds is 1. The summed E-state index contributed by atoms with van der Waals surface area (Å²) < 4.78 is 1.89. The first kappa shape index (κ1) is 9.65. The van der Waals surface area contributed by atoms with Gasteiger partial charge >= 0.3 is 0 Å². The van der Waals surface area contributed by atoms with Gasteiger partial charge in [0.25, 0.3) is 0 Å². The molecule has 14 heavy (non-hydrogen) atoms. The van der Waals surface area contributed by atoms with E-state index in [1.165, 1.54) is 6.42 Å². The Morgan fingerprint density at radius 3 is 2.57 bits per heavy atom. The highest BCUT2D eigenvalue weighted by molar-refractivity contribution is 4.93. The molecule has 1 aromatic rings. The Labute approximate surface area is 84.0 Å². The first-order chi connectivity index (χ1) is 6.68. The highest BCUT2D eigenvalue weighted by Gasteiger charge is 2.26. The van der Waals surface area contributed by atoms with E-state index in [4.69, 9.17) is 0 Å². The van der Waals surface area contributed by atoms with E-state index in [2.05, 4.69) is 10.1 Å². The summed E-state index contributed by atoms with van der Waals surface area (Å²) in [5, 5.41) is 14.2. The molecule has 1 fully saturated rings. The third-order valence-corrected chi connectivity index (χ3v) is 2.92. The Hall–Kier alpha value is -0.900. The molecule has 0 amide bonds. The van der Waals surface area contributed by atoms with Gasteiger partial charge in [0.2, 0.25) is 0 Å². The fraction of sp³-hybridized carbons (Fsp3) is 0.800. The minimum Gasteiger partial charge on any atom is -0.391 e. The van der Waals surface area contributed by atoms with Crippen LogP contribution >= 0.6 is 0 Å². The van der Waals surface area contributed by atoms with Crippen molar-refractivity contribution in [3.63, 3.8) is 0 Å². The maximum atomic E-state index is 9.87. The highest BCUT2D eigenvalue weighted by Crippen LogP contribution is 2.28. The lowest BCUT2D eigenvalue weighted by molar-refractivity contribution is 0.0680. The number of hydrogen-bond donors (Lipinski definition) is 1. The van der Waals surface area contributed by atoms with Crippen molar-refractivity contribution in [3.05, 3.63) is 11.6 Å². The summed E-state index contributed by atoms with van der Waals surface area (Å²) in [4.78, 5) is 4.26. The highest BCUT2D eigenvalue weighted by atomic mass is 16.3. The number of hydrogen-bond acceptors (Lipinski definition) is 3. The summed E-state index contributed by atoms with van der Waals surface area (Å²) in [5.41, 5.74) is 0. The molecule has 0 unspecified atom stereocenters. The van der Waals surface area contributed by atoms with Crippen molar-refractivity contribution in [3.8, 4) is 0 Å². The third kappa shape index (κ3) is 1.66. The molecule has 2 atom stereocenters. The first-order valence-electron chi connectivity index (χ1n) is 5.26. The average molecular weight is 195 g/mol. The van der Waals surface area contributed by atoms with Crippen LogP contribution in [0.3, 0.4) is 0 Å². The van der Waals surface area contributed by atoms with Crippen molar-refractivity contribution in [2.75, 3.05) is 0 Å². The molecular weight excluding hydrogens is 178 g/mol. The van der Waals surface area contributed by atoms with E-state index in [1.54, 1.807) is 0 Å². The molecule has 0 radical (unpaired) electrons. The SMILES string of the molecule is Cc1nc(C)n([C@@H]2CCCC[C@H]2O)n1. The van der Waals surface area contributed by atoms with E-state index < -0.39 is 0 Å². The zero-order valence-electron chi connectivity index (χ0n) is 8.77. The molecule has 1 aromatic heterocycles. The van der Waals surface area contributed by atoms with Gasteiger partial charge in [-0.25, -0.2) is 9.67 Å². The Morgan fingerprint density at radius 2 is 2.00 bits per heavy atom. The molecule has 1 N–H and O–H groups in total. The number of aliphatic hydroxyl groups is 1. The molecule has 4 heteroatoms. The van der Waals surface area contributed by atoms with E-state index in [0.29, 0.717) is 0 Å². The Balaban J connectivity index is 2.24. The smallest absolute Gasteiger partial charge is 0.147 e. The Bertz CT molecular complexity index is 321. The van der Waals surface area contributed by atoms with Crippen LogP contribution in [0, 0.1) is 13.8 Å². The lowest BCUT2D eigenvalue weighted by Gasteiger charge is -2.28. The quantitative estimate of drug-likeness (QED) is 0.736. The molecule has 0 saturated heterocycles. The normalized spacial score (nSPS) is 27.9. The van der Waals surface area contributed by atoms with Gasteiger partial charge in [-0.2, -0.15) is 5.10 Å². The van der Waals surface area contributed by atoms with Crippen LogP contribution in [0.2, 0.25) is 0 Å². The monoisotopic (exact) mass is 195 g/mol. The lowest BCUT2D eigenvalue weighted by atomic mass is 9.93. The van der Waals surface area contributed by atoms with E-state index in [1.807, 2.05) is 18.5 Å². The second-order valence-corrected chi connectivity index (χ2v) is 4.07. The molecule has 1 aliphatic rings. The molecule has 1 aliphatic carbocycles. The van der Waals surface area contributed by atoms with Crippen LogP contribution < -0.4 is 0 Å². The predicted molar refractivity (Wildman–Crippen MR) is 53.0 cm³/mol. The maximum absolute atomic E-state index is 9.87. The number of aryl methyl sites for hydroxylation is 2. The molecule has 4 nitrogen and oxygen atoms in total. The van der Waals surface area contributed by atoms with E-state index in [9.17, 15) is 5.11 Å². The minimum atomic E-state index is -0.247. The molecule has 0 spiro atoms. The van der Waals surface area contributed by atoms with Crippen LogP contribution in [0.5, 0.6) is 0 Å². The molecule has 0 bridgehead atoms. The summed E-state index contributed by atoms with van der Waals surface area (Å²) in [6.45, 7) is 3.83. The Morgan fingerprint density at radius 1 is 1.29 bits per heavy atom. The van der Waals surface area contributed by atoms with Crippen molar-refractivity contribution in [1.82, 2.24) is 14.8 Å². The van der Waals surface area contributed by atoms with E-state index in [0.717, 1.165) is 30.9 Å². The molecule has 78 valence electrons. The molecule has 1 saturated carbocycles. The summed E-state index contributed by atoms with van der Waals surface area (Å²) in [7, 11) is 0. The largest absolute Gasteiger partial charge is 0.391 e. The van der Waals surface area contributed by atoms with Crippen LogP contribution in [-0.4, -0.2) is 26.0 Å². The lowest BCUT2D eigenvalue weighted by Crippen LogP contribution is -2.29. The predicted octanol–water partition coefficient (Wildman–Crippen LogP) is 1.37.